The maximum absolute atomic E-state index is 4.98. The zero-order valence-electron chi connectivity index (χ0n) is 10.3. The molecule has 1 nitrogen and oxygen atoms in total. The standard InChI is InChI=1S/C14H19NSe/c1-4-14(3)9-10-16-13(15-14)12-7-5-11(2)6-8-12/h5-8H,4,9-10H2,1-3H3. The number of hydrogen-bond donors (Lipinski definition) is 0. The van der Waals surface area contributed by atoms with Crippen molar-refractivity contribution in [2.24, 2.45) is 4.99 Å². The van der Waals surface area contributed by atoms with Crippen LogP contribution < -0.4 is 0 Å². The molecule has 0 N–H and O–H groups in total. The third-order valence-corrected chi connectivity index (χ3v) is 5.43. The Bertz CT molecular complexity index is 394. The Morgan fingerprint density at radius 3 is 2.62 bits per heavy atom. The van der Waals surface area contributed by atoms with Gasteiger partial charge in [0.25, 0.3) is 0 Å². The summed E-state index contributed by atoms with van der Waals surface area (Å²) < 4.78 is 1.36. The molecule has 2 heteroatoms. The fourth-order valence-electron chi connectivity index (χ4n) is 1.80. The molecule has 0 saturated heterocycles. The van der Waals surface area contributed by atoms with Crippen molar-refractivity contribution in [2.45, 2.75) is 44.5 Å². The number of nitrogens with zero attached hydrogens (tertiary/aromatic N) is 1. The Morgan fingerprint density at radius 2 is 2.00 bits per heavy atom. The van der Waals surface area contributed by atoms with Crippen LogP contribution in [-0.4, -0.2) is 25.1 Å². The molecule has 1 atom stereocenters. The SMILES string of the molecule is CCC1(C)CC[Se]C(c2ccc(C)cc2)=N1. The normalized spacial score (nSPS) is 25.3. The van der Waals surface area contributed by atoms with Gasteiger partial charge in [-0.1, -0.05) is 0 Å². The van der Waals surface area contributed by atoms with Gasteiger partial charge in [0.1, 0.15) is 0 Å². The van der Waals surface area contributed by atoms with E-state index in [1.807, 2.05) is 0 Å². The van der Waals surface area contributed by atoms with Gasteiger partial charge in [0.2, 0.25) is 0 Å². The third-order valence-electron chi connectivity index (χ3n) is 3.31. The third kappa shape index (κ3) is 2.56. The summed E-state index contributed by atoms with van der Waals surface area (Å²) in [4.78, 5) is 4.98. The van der Waals surface area contributed by atoms with Gasteiger partial charge in [-0.3, -0.25) is 0 Å². The van der Waals surface area contributed by atoms with Crippen molar-refractivity contribution in [1.82, 2.24) is 0 Å². The van der Waals surface area contributed by atoms with Crippen molar-refractivity contribution < 1.29 is 0 Å². The Balaban J connectivity index is 2.30. The van der Waals surface area contributed by atoms with Crippen LogP contribution in [0.5, 0.6) is 0 Å². The van der Waals surface area contributed by atoms with Crippen LogP contribution in [0.15, 0.2) is 29.3 Å². The Morgan fingerprint density at radius 1 is 1.31 bits per heavy atom. The molecule has 1 unspecified atom stereocenters. The quantitative estimate of drug-likeness (QED) is 0.736. The van der Waals surface area contributed by atoms with Crippen molar-refractivity contribution >= 4 is 19.6 Å². The minimum absolute atomic E-state index is 0.195. The molecule has 0 spiro atoms. The summed E-state index contributed by atoms with van der Waals surface area (Å²) in [6, 6.07) is 8.81. The molecular formula is C14H19NSe. The molecule has 1 aliphatic rings. The second-order valence-corrected chi connectivity index (χ2v) is 7.01. The fraction of sp³-hybridized carbons (Fsp3) is 0.500. The molecule has 0 aromatic heterocycles. The predicted octanol–water partition coefficient (Wildman–Crippen LogP) is 3.44. The van der Waals surface area contributed by atoms with Gasteiger partial charge in [-0.2, -0.15) is 0 Å². The van der Waals surface area contributed by atoms with Crippen LogP contribution in [-0.2, 0) is 0 Å². The van der Waals surface area contributed by atoms with E-state index in [2.05, 4.69) is 45.0 Å². The first kappa shape index (κ1) is 11.9. The fourth-order valence-corrected chi connectivity index (χ4v) is 4.58. The van der Waals surface area contributed by atoms with E-state index in [-0.39, 0.29) is 5.54 Å². The van der Waals surface area contributed by atoms with Crippen molar-refractivity contribution in [3.05, 3.63) is 35.4 Å². The van der Waals surface area contributed by atoms with Gasteiger partial charge in [0.15, 0.2) is 0 Å². The minimum atomic E-state index is 0.195. The topological polar surface area (TPSA) is 12.4 Å². The molecule has 1 aromatic carbocycles. The Labute approximate surface area is 105 Å². The van der Waals surface area contributed by atoms with Crippen LogP contribution in [0, 0.1) is 6.92 Å². The van der Waals surface area contributed by atoms with E-state index in [9.17, 15) is 0 Å². The number of aryl methyl sites for hydroxylation is 1. The average molecular weight is 280 g/mol. The molecule has 0 aliphatic carbocycles. The van der Waals surface area contributed by atoms with E-state index in [1.54, 1.807) is 0 Å². The first-order chi connectivity index (χ1) is 7.63. The summed E-state index contributed by atoms with van der Waals surface area (Å²) in [5, 5.41) is 1.34. The number of aliphatic imine (C=N–C) groups is 1. The molecule has 1 heterocycles. The van der Waals surface area contributed by atoms with Gasteiger partial charge in [-0.25, -0.2) is 0 Å². The van der Waals surface area contributed by atoms with Crippen LogP contribution in [0.4, 0.5) is 0 Å². The van der Waals surface area contributed by atoms with Gasteiger partial charge >= 0.3 is 104 Å². The van der Waals surface area contributed by atoms with Crippen LogP contribution >= 0.6 is 0 Å². The second-order valence-electron chi connectivity index (χ2n) is 4.73. The molecule has 86 valence electrons. The molecule has 0 bridgehead atoms. The molecular weight excluding hydrogens is 261 g/mol. The van der Waals surface area contributed by atoms with Crippen LogP contribution in [0.3, 0.4) is 0 Å². The molecule has 0 amide bonds. The van der Waals surface area contributed by atoms with Gasteiger partial charge in [0.05, 0.1) is 0 Å². The molecule has 0 radical (unpaired) electrons. The zero-order valence-corrected chi connectivity index (χ0v) is 12.0. The van der Waals surface area contributed by atoms with Crippen molar-refractivity contribution in [1.29, 1.82) is 0 Å². The van der Waals surface area contributed by atoms with Gasteiger partial charge < -0.3 is 0 Å². The first-order valence-corrected chi connectivity index (χ1v) is 7.99. The van der Waals surface area contributed by atoms with E-state index in [4.69, 9.17) is 4.99 Å². The summed E-state index contributed by atoms with van der Waals surface area (Å²) in [5.74, 6) is 0. The van der Waals surface area contributed by atoms with E-state index in [0.29, 0.717) is 15.0 Å². The summed E-state index contributed by atoms with van der Waals surface area (Å²) in [6.45, 7) is 6.67. The zero-order chi connectivity index (χ0) is 11.6. The van der Waals surface area contributed by atoms with E-state index < -0.39 is 0 Å². The summed E-state index contributed by atoms with van der Waals surface area (Å²) in [6.07, 6.45) is 2.41. The molecule has 0 fully saturated rings. The van der Waals surface area contributed by atoms with Crippen LogP contribution in [0.25, 0.3) is 0 Å². The molecule has 2 rings (SSSR count). The van der Waals surface area contributed by atoms with Gasteiger partial charge in [-0.15, -0.1) is 0 Å². The van der Waals surface area contributed by atoms with Crippen molar-refractivity contribution in [3.8, 4) is 0 Å². The number of rotatable bonds is 2. The Kier molecular flexibility index (Phi) is 3.51. The summed E-state index contributed by atoms with van der Waals surface area (Å²) in [7, 11) is 0. The molecule has 1 aliphatic heterocycles. The van der Waals surface area contributed by atoms with Crippen LogP contribution in [0.2, 0.25) is 5.32 Å². The molecule has 0 saturated carbocycles. The number of benzene rings is 1. The summed E-state index contributed by atoms with van der Waals surface area (Å²) >= 11 is 0.573. The molecule has 1 aromatic rings. The number of hydrogen-bond acceptors (Lipinski definition) is 1. The Hall–Kier alpha value is -0.591. The molecule has 16 heavy (non-hydrogen) atoms. The van der Waals surface area contributed by atoms with E-state index >= 15 is 0 Å². The first-order valence-electron chi connectivity index (χ1n) is 5.93. The summed E-state index contributed by atoms with van der Waals surface area (Å²) in [5.41, 5.74) is 2.86. The average Bonchev–Trinajstić information content (AvgIpc) is 2.30. The van der Waals surface area contributed by atoms with E-state index in [0.717, 1.165) is 6.42 Å². The predicted molar refractivity (Wildman–Crippen MR) is 71.6 cm³/mol. The van der Waals surface area contributed by atoms with Crippen molar-refractivity contribution in [3.63, 3.8) is 0 Å². The van der Waals surface area contributed by atoms with Crippen molar-refractivity contribution in [2.75, 3.05) is 0 Å². The second kappa shape index (κ2) is 4.73. The van der Waals surface area contributed by atoms with E-state index in [1.165, 1.54) is 27.5 Å². The monoisotopic (exact) mass is 281 g/mol. The van der Waals surface area contributed by atoms with Gasteiger partial charge in [0, 0.05) is 0 Å². The van der Waals surface area contributed by atoms with Crippen LogP contribution in [0.1, 0.15) is 37.8 Å². The van der Waals surface area contributed by atoms with Gasteiger partial charge in [-0.05, 0) is 0 Å². The maximum atomic E-state index is 4.98.